The predicted molar refractivity (Wildman–Crippen MR) is 76.5 cm³/mol. The Bertz CT molecular complexity index is 575. The van der Waals surface area contributed by atoms with Gasteiger partial charge in [0.1, 0.15) is 0 Å². The SMILES string of the molecule is CNc1nc(Cl)nc(Nc2cc(C)ccc2Br)n1. The fourth-order valence-corrected chi connectivity index (χ4v) is 1.88. The molecule has 0 unspecified atom stereocenters. The van der Waals surface area contributed by atoms with Crippen LogP contribution >= 0.6 is 27.5 Å². The van der Waals surface area contributed by atoms with E-state index < -0.39 is 0 Å². The molecule has 0 aliphatic rings. The van der Waals surface area contributed by atoms with Gasteiger partial charge in [-0.3, -0.25) is 0 Å². The van der Waals surface area contributed by atoms with Gasteiger partial charge in [0.05, 0.1) is 5.69 Å². The summed E-state index contributed by atoms with van der Waals surface area (Å²) in [6, 6.07) is 5.95. The number of aromatic nitrogens is 3. The van der Waals surface area contributed by atoms with E-state index in [1.807, 2.05) is 25.1 Å². The highest BCUT2D eigenvalue weighted by atomic mass is 79.9. The fourth-order valence-electron chi connectivity index (χ4n) is 1.37. The molecule has 94 valence electrons. The molecule has 0 saturated carbocycles. The van der Waals surface area contributed by atoms with Gasteiger partial charge in [-0.15, -0.1) is 0 Å². The molecule has 0 amide bonds. The molecule has 0 spiro atoms. The van der Waals surface area contributed by atoms with Gasteiger partial charge < -0.3 is 10.6 Å². The van der Waals surface area contributed by atoms with Crippen LogP contribution in [0.2, 0.25) is 5.28 Å². The van der Waals surface area contributed by atoms with E-state index in [0.29, 0.717) is 11.9 Å². The van der Waals surface area contributed by atoms with Gasteiger partial charge in [-0.1, -0.05) is 6.07 Å². The van der Waals surface area contributed by atoms with Crippen molar-refractivity contribution >= 4 is 45.1 Å². The van der Waals surface area contributed by atoms with Gasteiger partial charge in [0, 0.05) is 11.5 Å². The number of halogens is 2. The van der Waals surface area contributed by atoms with Crippen molar-refractivity contribution in [3.05, 3.63) is 33.5 Å². The number of nitrogens with one attached hydrogen (secondary N) is 2. The van der Waals surface area contributed by atoms with Crippen molar-refractivity contribution in [3.63, 3.8) is 0 Å². The summed E-state index contributed by atoms with van der Waals surface area (Å²) in [5, 5.41) is 6.06. The minimum absolute atomic E-state index is 0.139. The van der Waals surface area contributed by atoms with E-state index in [0.717, 1.165) is 15.7 Å². The van der Waals surface area contributed by atoms with Crippen molar-refractivity contribution in [2.45, 2.75) is 6.92 Å². The summed E-state index contributed by atoms with van der Waals surface area (Å²) in [6.45, 7) is 2.01. The van der Waals surface area contributed by atoms with Crippen LogP contribution in [-0.2, 0) is 0 Å². The topological polar surface area (TPSA) is 62.7 Å². The van der Waals surface area contributed by atoms with Crippen LogP contribution in [0.15, 0.2) is 22.7 Å². The second kappa shape index (κ2) is 5.49. The molecule has 1 heterocycles. The average molecular weight is 329 g/mol. The van der Waals surface area contributed by atoms with Crippen molar-refractivity contribution in [3.8, 4) is 0 Å². The Kier molecular flexibility index (Phi) is 3.98. The van der Waals surface area contributed by atoms with E-state index >= 15 is 0 Å². The summed E-state index contributed by atoms with van der Waals surface area (Å²) in [5.41, 5.74) is 2.01. The van der Waals surface area contributed by atoms with Crippen molar-refractivity contribution < 1.29 is 0 Å². The first kappa shape index (κ1) is 13.0. The lowest BCUT2D eigenvalue weighted by molar-refractivity contribution is 1.05. The van der Waals surface area contributed by atoms with Crippen molar-refractivity contribution in [2.75, 3.05) is 17.7 Å². The Hall–Kier alpha value is -1.40. The Morgan fingerprint density at radius 2 is 1.89 bits per heavy atom. The first-order valence-electron chi connectivity index (χ1n) is 5.21. The molecule has 2 aromatic rings. The average Bonchev–Trinajstić information content (AvgIpc) is 2.33. The second-order valence-corrected chi connectivity index (χ2v) is 4.80. The number of benzene rings is 1. The summed E-state index contributed by atoms with van der Waals surface area (Å²) in [7, 11) is 1.72. The third-order valence-electron chi connectivity index (χ3n) is 2.20. The lowest BCUT2D eigenvalue weighted by atomic mass is 10.2. The molecule has 0 bridgehead atoms. The Balaban J connectivity index is 2.33. The minimum atomic E-state index is 0.139. The third-order valence-corrected chi connectivity index (χ3v) is 3.06. The molecule has 2 N–H and O–H groups in total. The highest BCUT2D eigenvalue weighted by molar-refractivity contribution is 9.10. The highest BCUT2D eigenvalue weighted by Crippen LogP contribution is 2.26. The normalized spacial score (nSPS) is 10.2. The van der Waals surface area contributed by atoms with Crippen LogP contribution < -0.4 is 10.6 Å². The molecule has 18 heavy (non-hydrogen) atoms. The molecule has 7 heteroatoms. The van der Waals surface area contributed by atoms with Gasteiger partial charge in [-0.05, 0) is 52.2 Å². The standard InChI is InChI=1S/C11H11BrClN5/c1-6-3-4-7(12)8(5-6)15-11-17-9(13)16-10(14-2)18-11/h3-5H,1-2H3,(H2,14,15,16,17,18). The number of nitrogens with zero attached hydrogens (tertiary/aromatic N) is 3. The number of rotatable bonds is 3. The van der Waals surface area contributed by atoms with E-state index in [4.69, 9.17) is 11.6 Å². The first-order valence-corrected chi connectivity index (χ1v) is 6.38. The Morgan fingerprint density at radius 1 is 1.17 bits per heavy atom. The molecular formula is C11H11BrClN5. The van der Waals surface area contributed by atoms with E-state index in [2.05, 4.69) is 41.5 Å². The molecule has 0 radical (unpaired) electrons. The van der Waals surface area contributed by atoms with E-state index in [1.54, 1.807) is 7.05 Å². The molecule has 1 aromatic heterocycles. The van der Waals surface area contributed by atoms with E-state index in [1.165, 1.54) is 0 Å². The summed E-state index contributed by atoms with van der Waals surface area (Å²) < 4.78 is 0.927. The smallest absolute Gasteiger partial charge is 0.233 e. The van der Waals surface area contributed by atoms with Gasteiger partial charge in [0.15, 0.2) is 0 Å². The van der Waals surface area contributed by atoms with Gasteiger partial charge in [-0.2, -0.15) is 15.0 Å². The maximum absolute atomic E-state index is 5.81. The van der Waals surface area contributed by atoms with Gasteiger partial charge >= 0.3 is 0 Å². The van der Waals surface area contributed by atoms with Crippen molar-refractivity contribution in [1.82, 2.24) is 15.0 Å². The van der Waals surface area contributed by atoms with Gasteiger partial charge in [0.25, 0.3) is 0 Å². The number of hydrogen-bond acceptors (Lipinski definition) is 5. The largest absolute Gasteiger partial charge is 0.357 e. The van der Waals surface area contributed by atoms with Gasteiger partial charge in [-0.25, -0.2) is 0 Å². The first-order chi connectivity index (χ1) is 8.58. The molecule has 0 atom stereocenters. The highest BCUT2D eigenvalue weighted by Gasteiger charge is 2.06. The van der Waals surface area contributed by atoms with Crippen LogP contribution in [0.1, 0.15) is 5.56 Å². The van der Waals surface area contributed by atoms with Crippen LogP contribution in [0.4, 0.5) is 17.6 Å². The molecule has 2 rings (SSSR count). The van der Waals surface area contributed by atoms with Crippen LogP contribution in [0.3, 0.4) is 0 Å². The molecule has 0 aliphatic carbocycles. The van der Waals surface area contributed by atoms with Crippen LogP contribution in [-0.4, -0.2) is 22.0 Å². The number of aryl methyl sites for hydroxylation is 1. The zero-order valence-electron chi connectivity index (χ0n) is 9.83. The van der Waals surface area contributed by atoms with Crippen LogP contribution in [0.25, 0.3) is 0 Å². The number of hydrogen-bond donors (Lipinski definition) is 2. The molecule has 1 aromatic carbocycles. The maximum Gasteiger partial charge on any atom is 0.233 e. The molecule has 5 nitrogen and oxygen atoms in total. The molecule has 0 fully saturated rings. The van der Waals surface area contributed by atoms with Gasteiger partial charge in [0.2, 0.25) is 17.2 Å². The third kappa shape index (κ3) is 3.08. The predicted octanol–water partition coefficient (Wildman–Crippen LogP) is 3.38. The number of anilines is 3. The zero-order chi connectivity index (χ0) is 13.1. The lowest BCUT2D eigenvalue weighted by Crippen LogP contribution is -2.04. The van der Waals surface area contributed by atoms with Crippen molar-refractivity contribution in [2.24, 2.45) is 0 Å². The van der Waals surface area contributed by atoms with Crippen molar-refractivity contribution in [1.29, 1.82) is 0 Å². The summed E-state index contributed by atoms with van der Waals surface area (Å²) in [6.07, 6.45) is 0. The Morgan fingerprint density at radius 3 is 2.61 bits per heavy atom. The zero-order valence-corrected chi connectivity index (χ0v) is 12.2. The monoisotopic (exact) mass is 327 g/mol. The molecule has 0 aliphatic heterocycles. The lowest BCUT2D eigenvalue weighted by Gasteiger charge is -2.09. The van der Waals surface area contributed by atoms with E-state index in [9.17, 15) is 0 Å². The Labute approximate surface area is 118 Å². The second-order valence-electron chi connectivity index (χ2n) is 3.61. The molecule has 0 saturated heterocycles. The maximum atomic E-state index is 5.81. The summed E-state index contributed by atoms with van der Waals surface area (Å²) in [4.78, 5) is 12.1. The fraction of sp³-hybridized carbons (Fsp3) is 0.182. The minimum Gasteiger partial charge on any atom is -0.357 e. The summed E-state index contributed by atoms with van der Waals surface area (Å²) >= 11 is 9.27. The molecular weight excluding hydrogens is 318 g/mol. The van der Waals surface area contributed by atoms with E-state index in [-0.39, 0.29) is 5.28 Å². The summed E-state index contributed by atoms with van der Waals surface area (Å²) in [5.74, 6) is 0.812. The quantitative estimate of drug-likeness (QED) is 0.904. The van der Waals surface area contributed by atoms with Crippen LogP contribution in [0.5, 0.6) is 0 Å². The van der Waals surface area contributed by atoms with Crippen LogP contribution in [0, 0.1) is 6.92 Å².